The highest BCUT2D eigenvalue weighted by Crippen LogP contribution is 2.23. The number of likely N-dealkylation sites (N-methyl/N-ethyl adjacent to an activating group) is 2. The SMILES string of the molecule is CCN(CC)C(=O)CN(C)c1cc(Br)ccc1C#N. The maximum Gasteiger partial charge on any atom is 0.242 e. The molecule has 102 valence electrons. The molecule has 0 aromatic heterocycles. The number of carbonyl (C=O) groups is 1. The number of hydrogen-bond acceptors (Lipinski definition) is 3. The van der Waals surface area contributed by atoms with Crippen LogP contribution in [-0.4, -0.2) is 37.5 Å². The molecule has 0 radical (unpaired) electrons. The Morgan fingerprint density at radius 2 is 2.00 bits per heavy atom. The summed E-state index contributed by atoms with van der Waals surface area (Å²) in [6.45, 7) is 5.59. The van der Waals surface area contributed by atoms with Crippen LogP contribution in [0.5, 0.6) is 0 Å². The van der Waals surface area contributed by atoms with Gasteiger partial charge < -0.3 is 9.80 Å². The summed E-state index contributed by atoms with van der Waals surface area (Å²) in [4.78, 5) is 15.7. The summed E-state index contributed by atoms with van der Waals surface area (Å²) in [6.07, 6.45) is 0. The Bertz CT molecular complexity index is 492. The molecule has 0 aliphatic carbocycles. The first-order valence-corrected chi connectivity index (χ1v) is 7.01. The fraction of sp³-hybridized carbons (Fsp3) is 0.429. The van der Waals surface area contributed by atoms with Crippen molar-refractivity contribution in [2.45, 2.75) is 13.8 Å². The Kier molecular flexibility index (Phi) is 5.84. The van der Waals surface area contributed by atoms with Crippen molar-refractivity contribution in [1.82, 2.24) is 4.90 Å². The van der Waals surface area contributed by atoms with Crippen molar-refractivity contribution in [2.24, 2.45) is 0 Å². The molecule has 1 amide bonds. The van der Waals surface area contributed by atoms with Gasteiger partial charge in [-0.2, -0.15) is 5.26 Å². The van der Waals surface area contributed by atoms with Gasteiger partial charge in [-0.05, 0) is 32.0 Å². The van der Waals surface area contributed by atoms with E-state index in [0.717, 1.165) is 10.2 Å². The summed E-state index contributed by atoms with van der Waals surface area (Å²) in [5.74, 6) is 0.0661. The third-order valence-electron chi connectivity index (χ3n) is 2.98. The van der Waals surface area contributed by atoms with E-state index in [1.165, 1.54) is 0 Å². The van der Waals surface area contributed by atoms with Crippen LogP contribution in [0.2, 0.25) is 0 Å². The van der Waals surface area contributed by atoms with E-state index in [-0.39, 0.29) is 12.5 Å². The van der Waals surface area contributed by atoms with Gasteiger partial charge in [0.25, 0.3) is 0 Å². The molecule has 5 heteroatoms. The minimum absolute atomic E-state index is 0.0661. The van der Waals surface area contributed by atoms with E-state index < -0.39 is 0 Å². The summed E-state index contributed by atoms with van der Waals surface area (Å²) in [5, 5.41) is 9.11. The molecule has 0 atom stereocenters. The largest absolute Gasteiger partial charge is 0.364 e. The molecule has 0 unspecified atom stereocenters. The Morgan fingerprint density at radius 1 is 1.37 bits per heavy atom. The number of amides is 1. The Balaban J connectivity index is 2.89. The van der Waals surface area contributed by atoms with Crippen LogP contribution in [0.1, 0.15) is 19.4 Å². The van der Waals surface area contributed by atoms with Crippen LogP contribution in [0.25, 0.3) is 0 Å². The summed E-state index contributed by atoms with van der Waals surface area (Å²) in [7, 11) is 1.82. The second-order valence-electron chi connectivity index (χ2n) is 4.20. The molecule has 0 bridgehead atoms. The van der Waals surface area contributed by atoms with E-state index in [9.17, 15) is 4.79 Å². The van der Waals surface area contributed by atoms with Crippen molar-refractivity contribution in [3.8, 4) is 6.07 Å². The zero-order valence-electron chi connectivity index (χ0n) is 11.5. The first-order valence-electron chi connectivity index (χ1n) is 6.22. The van der Waals surface area contributed by atoms with Crippen LogP contribution >= 0.6 is 15.9 Å². The maximum atomic E-state index is 12.1. The third kappa shape index (κ3) is 3.97. The van der Waals surface area contributed by atoms with Gasteiger partial charge in [0.15, 0.2) is 0 Å². The van der Waals surface area contributed by atoms with Crippen molar-refractivity contribution in [1.29, 1.82) is 5.26 Å². The van der Waals surface area contributed by atoms with E-state index in [0.29, 0.717) is 18.7 Å². The molecular weight excluding hydrogens is 306 g/mol. The number of benzene rings is 1. The van der Waals surface area contributed by atoms with Gasteiger partial charge in [0.05, 0.1) is 17.8 Å². The molecule has 19 heavy (non-hydrogen) atoms. The number of rotatable bonds is 5. The van der Waals surface area contributed by atoms with Crippen molar-refractivity contribution in [3.63, 3.8) is 0 Å². The molecule has 1 aromatic rings. The van der Waals surface area contributed by atoms with E-state index >= 15 is 0 Å². The highest BCUT2D eigenvalue weighted by Gasteiger charge is 2.15. The zero-order chi connectivity index (χ0) is 14.4. The van der Waals surface area contributed by atoms with Crippen molar-refractivity contribution < 1.29 is 4.79 Å². The van der Waals surface area contributed by atoms with Gasteiger partial charge >= 0.3 is 0 Å². The third-order valence-corrected chi connectivity index (χ3v) is 3.47. The fourth-order valence-corrected chi connectivity index (χ4v) is 2.23. The molecule has 0 saturated heterocycles. The van der Waals surface area contributed by atoms with Crippen LogP contribution in [0.15, 0.2) is 22.7 Å². The van der Waals surface area contributed by atoms with Crippen molar-refractivity contribution in [3.05, 3.63) is 28.2 Å². The van der Waals surface area contributed by atoms with Crippen LogP contribution in [-0.2, 0) is 4.79 Å². The molecule has 1 aromatic carbocycles. The average Bonchev–Trinajstić information content (AvgIpc) is 2.40. The first kappa shape index (κ1) is 15.5. The van der Waals surface area contributed by atoms with E-state index in [1.807, 2.05) is 37.9 Å². The second kappa shape index (κ2) is 7.15. The smallest absolute Gasteiger partial charge is 0.242 e. The highest BCUT2D eigenvalue weighted by molar-refractivity contribution is 9.10. The number of halogens is 1. The van der Waals surface area contributed by atoms with Gasteiger partial charge in [-0.15, -0.1) is 0 Å². The van der Waals surface area contributed by atoms with Crippen LogP contribution in [0.4, 0.5) is 5.69 Å². The lowest BCUT2D eigenvalue weighted by atomic mass is 10.2. The molecular formula is C14H18BrN3O. The predicted octanol–water partition coefficient (Wildman–Crippen LogP) is 2.63. The molecule has 0 heterocycles. The monoisotopic (exact) mass is 323 g/mol. The fourth-order valence-electron chi connectivity index (χ4n) is 1.88. The van der Waals surface area contributed by atoms with Crippen LogP contribution < -0.4 is 4.90 Å². The molecule has 1 rings (SSSR count). The van der Waals surface area contributed by atoms with E-state index in [2.05, 4.69) is 22.0 Å². The number of carbonyl (C=O) groups excluding carboxylic acids is 1. The molecule has 4 nitrogen and oxygen atoms in total. The summed E-state index contributed by atoms with van der Waals surface area (Å²) in [6, 6.07) is 7.57. The van der Waals surface area contributed by atoms with Gasteiger partial charge in [0.1, 0.15) is 6.07 Å². The minimum Gasteiger partial charge on any atom is -0.364 e. The number of nitrogens with zero attached hydrogens (tertiary/aromatic N) is 3. The van der Waals surface area contributed by atoms with E-state index in [4.69, 9.17) is 5.26 Å². The van der Waals surface area contributed by atoms with Gasteiger partial charge in [0, 0.05) is 24.6 Å². The molecule has 0 N–H and O–H groups in total. The normalized spacial score (nSPS) is 9.84. The molecule has 0 fully saturated rings. The number of anilines is 1. The van der Waals surface area contributed by atoms with Crippen LogP contribution in [0.3, 0.4) is 0 Å². The van der Waals surface area contributed by atoms with Gasteiger partial charge in [-0.1, -0.05) is 15.9 Å². The number of nitriles is 1. The van der Waals surface area contributed by atoms with Gasteiger partial charge in [0.2, 0.25) is 5.91 Å². The summed E-state index contributed by atoms with van der Waals surface area (Å²) in [5.41, 5.74) is 1.33. The highest BCUT2D eigenvalue weighted by atomic mass is 79.9. The lowest BCUT2D eigenvalue weighted by molar-refractivity contribution is -0.129. The minimum atomic E-state index is 0.0661. The van der Waals surface area contributed by atoms with Crippen molar-refractivity contribution >= 4 is 27.5 Å². The predicted molar refractivity (Wildman–Crippen MR) is 80.1 cm³/mol. The van der Waals surface area contributed by atoms with Gasteiger partial charge in [-0.3, -0.25) is 4.79 Å². The average molecular weight is 324 g/mol. The summed E-state index contributed by atoms with van der Waals surface area (Å²) < 4.78 is 0.892. The standard InChI is InChI=1S/C14H18BrN3O/c1-4-18(5-2)14(19)10-17(3)13-8-12(15)7-6-11(13)9-16/h6-8H,4-5,10H2,1-3H3. The van der Waals surface area contributed by atoms with Crippen molar-refractivity contribution in [2.75, 3.05) is 31.6 Å². The Morgan fingerprint density at radius 3 is 2.53 bits per heavy atom. The molecule has 0 spiro atoms. The zero-order valence-corrected chi connectivity index (χ0v) is 13.1. The Labute approximate surface area is 122 Å². The topological polar surface area (TPSA) is 47.3 Å². The molecule has 0 saturated carbocycles. The lowest BCUT2D eigenvalue weighted by Crippen LogP contribution is -2.39. The van der Waals surface area contributed by atoms with Crippen LogP contribution in [0, 0.1) is 11.3 Å². The Hall–Kier alpha value is -1.54. The number of hydrogen-bond donors (Lipinski definition) is 0. The quantitative estimate of drug-likeness (QED) is 0.836. The second-order valence-corrected chi connectivity index (χ2v) is 5.11. The molecule has 0 aliphatic rings. The van der Waals surface area contributed by atoms with E-state index in [1.54, 1.807) is 11.0 Å². The maximum absolute atomic E-state index is 12.1. The molecule has 0 aliphatic heterocycles. The summed E-state index contributed by atoms with van der Waals surface area (Å²) >= 11 is 3.38. The lowest BCUT2D eigenvalue weighted by Gasteiger charge is -2.25. The first-order chi connectivity index (χ1) is 9.03. The van der Waals surface area contributed by atoms with Gasteiger partial charge in [-0.25, -0.2) is 0 Å².